The lowest BCUT2D eigenvalue weighted by atomic mass is 10.2. The lowest BCUT2D eigenvalue weighted by molar-refractivity contribution is 0.0729. The smallest absolute Gasteiger partial charge is 0.343 e. The number of nitrogens with one attached hydrogen (secondary N) is 1. The molecule has 3 aromatic rings. The van der Waals surface area contributed by atoms with E-state index in [9.17, 15) is 9.59 Å². The molecule has 8 nitrogen and oxygen atoms in total. The van der Waals surface area contributed by atoms with E-state index < -0.39 is 5.97 Å². The van der Waals surface area contributed by atoms with Crippen LogP contribution in [-0.2, 0) is 0 Å². The number of nitrogens with zero attached hydrogens (tertiary/aromatic N) is 1. The number of methoxy groups -OCH3 is 2. The van der Waals surface area contributed by atoms with Crippen molar-refractivity contribution in [1.29, 1.82) is 0 Å². The van der Waals surface area contributed by atoms with Gasteiger partial charge in [-0.15, -0.1) is 0 Å². The summed E-state index contributed by atoms with van der Waals surface area (Å²) in [5, 5.41) is 3.98. The Bertz CT molecular complexity index is 1170. The van der Waals surface area contributed by atoms with E-state index in [-0.39, 0.29) is 11.7 Å². The molecular weight excluding hydrogens is 448 g/mol. The Morgan fingerprint density at radius 1 is 0.886 bits per heavy atom. The summed E-state index contributed by atoms with van der Waals surface area (Å²) in [5.74, 6) is 0.997. The fourth-order valence-corrected chi connectivity index (χ4v) is 3.02. The number of hydrogen-bond donors (Lipinski definition) is 1. The molecule has 0 radical (unpaired) electrons. The van der Waals surface area contributed by atoms with Crippen LogP contribution in [0.3, 0.4) is 0 Å². The summed E-state index contributed by atoms with van der Waals surface area (Å²) in [6.07, 6.45) is 3.48. The van der Waals surface area contributed by atoms with Crippen molar-refractivity contribution in [3.05, 3.63) is 83.4 Å². The fraction of sp³-hybridized carbons (Fsp3) is 0.222. The van der Waals surface area contributed by atoms with Crippen molar-refractivity contribution in [2.24, 2.45) is 5.10 Å². The van der Waals surface area contributed by atoms with Crippen LogP contribution in [0.25, 0.3) is 0 Å². The summed E-state index contributed by atoms with van der Waals surface area (Å²) in [7, 11) is 3.00. The summed E-state index contributed by atoms with van der Waals surface area (Å²) in [6.45, 7) is 2.73. The Morgan fingerprint density at radius 2 is 1.69 bits per heavy atom. The number of unbranched alkanes of at least 4 members (excludes halogenated alkanes) is 1. The van der Waals surface area contributed by atoms with E-state index in [0.717, 1.165) is 12.8 Å². The van der Waals surface area contributed by atoms with Crippen LogP contribution in [-0.4, -0.2) is 38.9 Å². The molecule has 3 rings (SSSR count). The van der Waals surface area contributed by atoms with Gasteiger partial charge in [0.05, 0.1) is 32.6 Å². The maximum absolute atomic E-state index is 12.6. The van der Waals surface area contributed by atoms with Gasteiger partial charge in [0.25, 0.3) is 5.91 Å². The molecule has 0 spiro atoms. The maximum atomic E-state index is 12.6. The second kappa shape index (κ2) is 12.8. The average molecular weight is 477 g/mol. The van der Waals surface area contributed by atoms with Crippen molar-refractivity contribution in [3.8, 4) is 23.0 Å². The molecule has 0 aliphatic heterocycles. The van der Waals surface area contributed by atoms with E-state index in [4.69, 9.17) is 18.9 Å². The number of carbonyl (C=O) groups excluding carboxylic acids is 2. The molecule has 0 saturated carbocycles. The molecule has 0 aromatic heterocycles. The summed E-state index contributed by atoms with van der Waals surface area (Å²) in [5.41, 5.74) is 3.91. The second-order valence-electron chi connectivity index (χ2n) is 7.46. The summed E-state index contributed by atoms with van der Waals surface area (Å²) in [6, 6.07) is 18.5. The zero-order valence-corrected chi connectivity index (χ0v) is 19.9. The van der Waals surface area contributed by atoms with E-state index in [1.807, 2.05) is 0 Å². The van der Waals surface area contributed by atoms with Crippen LogP contribution in [0.4, 0.5) is 0 Å². The first-order valence-corrected chi connectivity index (χ1v) is 11.1. The molecule has 35 heavy (non-hydrogen) atoms. The normalized spacial score (nSPS) is 10.6. The van der Waals surface area contributed by atoms with Crippen LogP contribution in [0.15, 0.2) is 71.8 Å². The van der Waals surface area contributed by atoms with Gasteiger partial charge in [-0.05, 0) is 72.6 Å². The number of benzene rings is 3. The minimum atomic E-state index is -0.518. The molecule has 0 unspecified atom stereocenters. The van der Waals surface area contributed by atoms with Crippen LogP contribution < -0.4 is 24.4 Å². The van der Waals surface area contributed by atoms with Crippen molar-refractivity contribution < 1.29 is 28.5 Å². The number of rotatable bonds is 11. The number of hydrogen-bond acceptors (Lipinski definition) is 7. The Labute approximate surface area is 204 Å². The van der Waals surface area contributed by atoms with Crippen LogP contribution in [0.2, 0.25) is 0 Å². The van der Waals surface area contributed by atoms with Crippen molar-refractivity contribution in [3.63, 3.8) is 0 Å². The van der Waals surface area contributed by atoms with E-state index >= 15 is 0 Å². The largest absolute Gasteiger partial charge is 0.497 e. The van der Waals surface area contributed by atoms with Gasteiger partial charge in [-0.2, -0.15) is 5.10 Å². The van der Waals surface area contributed by atoms with E-state index in [1.54, 1.807) is 66.7 Å². The van der Waals surface area contributed by atoms with Crippen molar-refractivity contribution >= 4 is 18.1 Å². The zero-order chi connectivity index (χ0) is 25.0. The minimum absolute atomic E-state index is 0.262. The molecule has 0 aliphatic carbocycles. The van der Waals surface area contributed by atoms with E-state index in [0.29, 0.717) is 40.5 Å². The highest BCUT2D eigenvalue weighted by Crippen LogP contribution is 2.28. The minimum Gasteiger partial charge on any atom is -0.497 e. The Morgan fingerprint density at radius 3 is 2.40 bits per heavy atom. The highest BCUT2D eigenvalue weighted by Gasteiger charge is 2.13. The van der Waals surface area contributed by atoms with Gasteiger partial charge in [-0.1, -0.05) is 19.4 Å². The SMILES string of the molecule is CCCCOc1ccc(C(=O)Oc2ccc(C=NNC(=O)c3cccc(OC)c3)cc2OC)cc1. The number of carbonyl (C=O) groups is 2. The highest BCUT2D eigenvalue weighted by atomic mass is 16.6. The van der Waals surface area contributed by atoms with E-state index in [1.165, 1.54) is 20.4 Å². The van der Waals surface area contributed by atoms with Gasteiger partial charge in [-0.3, -0.25) is 4.79 Å². The van der Waals surface area contributed by atoms with Crippen LogP contribution in [0.1, 0.15) is 46.0 Å². The summed E-state index contributed by atoms with van der Waals surface area (Å²) >= 11 is 0. The van der Waals surface area contributed by atoms with Crippen LogP contribution in [0, 0.1) is 0 Å². The number of esters is 1. The van der Waals surface area contributed by atoms with Gasteiger partial charge in [0.1, 0.15) is 11.5 Å². The van der Waals surface area contributed by atoms with Gasteiger partial charge in [0.15, 0.2) is 11.5 Å². The Hall–Kier alpha value is -4.33. The van der Waals surface area contributed by atoms with Crippen LogP contribution >= 0.6 is 0 Å². The zero-order valence-electron chi connectivity index (χ0n) is 19.9. The van der Waals surface area contributed by atoms with Crippen molar-refractivity contribution in [2.45, 2.75) is 19.8 Å². The number of amides is 1. The molecule has 3 aromatic carbocycles. The molecule has 0 bridgehead atoms. The summed E-state index contributed by atoms with van der Waals surface area (Å²) < 4.78 is 21.6. The first kappa shape index (κ1) is 25.3. The molecule has 1 amide bonds. The lowest BCUT2D eigenvalue weighted by Gasteiger charge is -2.10. The molecule has 0 fully saturated rings. The van der Waals surface area contributed by atoms with Crippen molar-refractivity contribution in [1.82, 2.24) is 5.43 Å². The highest BCUT2D eigenvalue weighted by molar-refractivity contribution is 5.95. The Kier molecular flexibility index (Phi) is 9.24. The summed E-state index contributed by atoms with van der Waals surface area (Å²) in [4.78, 5) is 24.8. The topological polar surface area (TPSA) is 95.5 Å². The number of ether oxygens (including phenoxy) is 4. The quantitative estimate of drug-likeness (QED) is 0.140. The monoisotopic (exact) mass is 476 g/mol. The lowest BCUT2D eigenvalue weighted by Crippen LogP contribution is -2.17. The predicted molar refractivity (Wildman–Crippen MR) is 133 cm³/mol. The number of hydrazone groups is 1. The third-order valence-electron chi connectivity index (χ3n) is 4.96. The molecule has 0 aliphatic rings. The second-order valence-corrected chi connectivity index (χ2v) is 7.46. The first-order chi connectivity index (χ1) is 17.0. The Balaban J connectivity index is 1.61. The van der Waals surface area contributed by atoms with Crippen LogP contribution in [0.5, 0.6) is 23.0 Å². The average Bonchev–Trinajstić information content (AvgIpc) is 2.89. The van der Waals surface area contributed by atoms with E-state index in [2.05, 4.69) is 17.5 Å². The van der Waals surface area contributed by atoms with Gasteiger partial charge >= 0.3 is 5.97 Å². The van der Waals surface area contributed by atoms with Gasteiger partial charge in [0.2, 0.25) is 0 Å². The molecule has 182 valence electrons. The van der Waals surface area contributed by atoms with Crippen molar-refractivity contribution in [2.75, 3.05) is 20.8 Å². The molecular formula is C27H28N2O6. The maximum Gasteiger partial charge on any atom is 0.343 e. The molecule has 8 heteroatoms. The van der Waals surface area contributed by atoms with Gasteiger partial charge in [0, 0.05) is 5.56 Å². The first-order valence-electron chi connectivity index (χ1n) is 11.1. The molecule has 0 saturated heterocycles. The predicted octanol–water partition coefficient (Wildman–Crippen LogP) is 4.87. The fourth-order valence-electron chi connectivity index (χ4n) is 3.02. The third kappa shape index (κ3) is 7.33. The molecule has 1 N–H and O–H groups in total. The van der Waals surface area contributed by atoms with Gasteiger partial charge in [-0.25, -0.2) is 10.2 Å². The molecule has 0 atom stereocenters. The molecule has 0 heterocycles. The third-order valence-corrected chi connectivity index (χ3v) is 4.96. The van der Waals surface area contributed by atoms with Gasteiger partial charge < -0.3 is 18.9 Å². The standard InChI is InChI=1S/C27H28N2O6/c1-4-5-15-34-22-12-10-20(11-13-22)27(31)35-24-14-9-19(16-25(24)33-3)18-28-29-26(30)21-7-6-8-23(17-21)32-2/h6-14,16-18H,4-5,15H2,1-3H3,(H,29,30).